The van der Waals surface area contributed by atoms with Crippen molar-refractivity contribution in [3.63, 3.8) is 0 Å². The maximum absolute atomic E-state index is 12.6. The van der Waals surface area contributed by atoms with Gasteiger partial charge in [-0.05, 0) is 18.3 Å². The maximum Gasteiger partial charge on any atom is 0.246 e. The van der Waals surface area contributed by atoms with E-state index < -0.39 is 0 Å². The van der Waals surface area contributed by atoms with Crippen LogP contribution in [0.5, 0.6) is 0 Å². The van der Waals surface area contributed by atoms with Gasteiger partial charge < -0.3 is 10.2 Å². The fourth-order valence-corrected chi connectivity index (χ4v) is 2.49. The van der Waals surface area contributed by atoms with E-state index in [0.717, 1.165) is 12.8 Å². The van der Waals surface area contributed by atoms with Crippen molar-refractivity contribution in [2.24, 2.45) is 11.8 Å². The van der Waals surface area contributed by atoms with Gasteiger partial charge >= 0.3 is 0 Å². The van der Waals surface area contributed by atoms with Gasteiger partial charge in [-0.2, -0.15) is 0 Å². The van der Waals surface area contributed by atoms with E-state index in [2.05, 4.69) is 26.1 Å². The van der Waals surface area contributed by atoms with E-state index in [0.29, 0.717) is 18.9 Å². The first-order valence-electron chi connectivity index (χ1n) is 7.56. The molecule has 4 unspecified atom stereocenters. The fraction of sp³-hybridized carbons (Fsp3) is 0.867. The van der Waals surface area contributed by atoms with Crippen LogP contribution in [-0.4, -0.2) is 35.3 Å². The number of carbonyl (C=O) groups excluding carboxylic acids is 2. The van der Waals surface area contributed by atoms with Gasteiger partial charge in [0.15, 0.2) is 0 Å². The molecule has 4 nitrogen and oxygen atoms in total. The number of nitrogens with zero attached hydrogens (tertiary/aromatic N) is 1. The summed E-state index contributed by atoms with van der Waals surface area (Å²) in [6.45, 7) is 11.0. The molecule has 1 saturated heterocycles. The summed E-state index contributed by atoms with van der Waals surface area (Å²) in [5.74, 6) is 0.729. The van der Waals surface area contributed by atoms with Crippen molar-refractivity contribution in [3.8, 4) is 0 Å². The average molecular weight is 268 g/mol. The zero-order valence-electron chi connectivity index (χ0n) is 12.9. The topological polar surface area (TPSA) is 49.4 Å². The highest BCUT2D eigenvalue weighted by Gasteiger charge is 2.41. The second-order valence-electron chi connectivity index (χ2n) is 5.80. The van der Waals surface area contributed by atoms with Crippen molar-refractivity contribution in [2.75, 3.05) is 6.54 Å². The van der Waals surface area contributed by atoms with E-state index in [-0.39, 0.29) is 29.8 Å². The third-order valence-corrected chi connectivity index (χ3v) is 4.33. The van der Waals surface area contributed by atoms with Crippen LogP contribution in [0.4, 0.5) is 0 Å². The molecule has 4 heteroatoms. The van der Waals surface area contributed by atoms with Gasteiger partial charge in [-0.15, -0.1) is 0 Å². The quantitative estimate of drug-likeness (QED) is 0.802. The molecule has 0 saturated carbocycles. The molecule has 0 aromatic heterocycles. The van der Waals surface area contributed by atoms with Crippen molar-refractivity contribution in [1.29, 1.82) is 0 Å². The molecule has 1 aliphatic rings. The highest BCUT2D eigenvalue weighted by atomic mass is 16.2. The summed E-state index contributed by atoms with van der Waals surface area (Å²) >= 11 is 0. The largest absolute Gasteiger partial charge is 0.342 e. The summed E-state index contributed by atoms with van der Waals surface area (Å²) in [5.41, 5.74) is 0. The Hall–Kier alpha value is -1.06. The number of hydrogen-bond acceptors (Lipinski definition) is 2. The molecule has 0 bridgehead atoms. The minimum absolute atomic E-state index is 0.00991. The van der Waals surface area contributed by atoms with Crippen LogP contribution in [-0.2, 0) is 9.59 Å². The Bertz CT molecular complexity index is 330. The minimum Gasteiger partial charge on any atom is -0.342 e. The molecule has 2 amide bonds. The van der Waals surface area contributed by atoms with Gasteiger partial charge in [0.25, 0.3) is 0 Å². The number of hydrogen-bond donors (Lipinski definition) is 1. The molecule has 0 aromatic rings. The summed E-state index contributed by atoms with van der Waals surface area (Å²) in [6.07, 6.45) is 2.60. The van der Waals surface area contributed by atoms with Gasteiger partial charge in [-0.3, -0.25) is 9.59 Å². The van der Waals surface area contributed by atoms with Crippen molar-refractivity contribution >= 4 is 11.8 Å². The molecule has 0 aromatic carbocycles. The van der Waals surface area contributed by atoms with Crippen molar-refractivity contribution < 1.29 is 9.59 Å². The van der Waals surface area contributed by atoms with Gasteiger partial charge in [0.05, 0.1) is 0 Å². The highest BCUT2D eigenvalue weighted by molar-refractivity contribution is 5.97. The molecular weight excluding hydrogens is 240 g/mol. The first-order valence-corrected chi connectivity index (χ1v) is 7.56. The molecule has 1 heterocycles. The molecule has 0 spiro atoms. The van der Waals surface area contributed by atoms with Crippen LogP contribution >= 0.6 is 0 Å². The minimum atomic E-state index is -0.343. The van der Waals surface area contributed by atoms with Crippen LogP contribution < -0.4 is 5.32 Å². The summed E-state index contributed by atoms with van der Waals surface area (Å²) in [7, 11) is 0. The highest BCUT2D eigenvalue weighted by Crippen LogP contribution is 2.21. The van der Waals surface area contributed by atoms with Gasteiger partial charge in [0, 0.05) is 6.54 Å². The Morgan fingerprint density at radius 2 is 1.79 bits per heavy atom. The summed E-state index contributed by atoms with van der Waals surface area (Å²) in [6, 6.07) is -0.633. The Labute approximate surface area is 116 Å². The van der Waals surface area contributed by atoms with E-state index >= 15 is 0 Å². The van der Waals surface area contributed by atoms with Crippen LogP contribution in [0.3, 0.4) is 0 Å². The predicted octanol–water partition coefficient (Wildman–Crippen LogP) is 2.18. The fourth-order valence-electron chi connectivity index (χ4n) is 2.49. The normalized spacial score (nSPS) is 27.1. The Morgan fingerprint density at radius 3 is 2.26 bits per heavy atom. The Kier molecular flexibility index (Phi) is 5.83. The van der Waals surface area contributed by atoms with E-state index in [1.807, 2.05) is 18.7 Å². The second kappa shape index (κ2) is 6.92. The maximum atomic E-state index is 12.6. The number of carbonyl (C=O) groups is 2. The lowest BCUT2D eigenvalue weighted by Crippen LogP contribution is -2.65. The summed E-state index contributed by atoms with van der Waals surface area (Å²) in [4.78, 5) is 26.6. The van der Waals surface area contributed by atoms with Gasteiger partial charge in [0.1, 0.15) is 12.1 Å². The zero-order valence-corrected chi connectivity index (χ0v) is 12.9. The molecule has 1 N–H and O–H groups in total. The standard InChI is InChI=1S/C15H28N2O2/c1-6-10(4)9-17-12(8-3)14(18)16-13(15(17)19)11(5)7-2/h10-13H,6-9H2,1-5H3,(H,16,18). The third kappa shape index (κ3) is 3.48. The first kappa shape index (κ1) is 16.0. The lowest BCUT2D eigenvalue weighted by molar-refractivity contribution is -0.151. The van der Waals surface area contributed by atoms with E-state index in [4.69, 9.17) is 0 Å². The van der Waals surface area contributed by atoms with Crippen molar-refractivity contribution in [3.05, 3.63) is 0 Å². The van der Waals surface area contributed by atoms with E-state index in [9.17, 15) is 9.59 Å². The molecule has 1 rings (SSSR count). The number of nitrogens with one attached hydrogen (secondary N) is 1. The van der Waals surface area contributed by atoms with Crippen LogP contribution in [0.1, 0.15) is 53.9 Å². The van der Waals surface area contributed by atoms with Crippen molar-refractivity contribution in [1.82, 2.24) is 10.2 Å². The molecule has 0 aliphatic carbocycles. The van der Waals surface area contributed by atoms with Crippen LogP contribution in [0, 0.1) is 11.8 Å². The van der Waals surface area contributed by atoms with Crippen LogP contribution in [0.2, 0.25) is 0 Å². The number of amides is 2. The molecule has 1 aliphatic heterocycles. The van der Waals surface area contributed by atoms with E-state index in [1.54, 1.807) is 0 Å². The molecule has 0 radical (unpaired) electrons. The summed E-state index contributed by atoms with van der Waals surface area (Å²) < 4.78 is 0. The third-order valence-electron chi connectivity index (χ3n) is 4.33. The number of piperazine rings is 1. The van der Waals surface area contributed by atoms with Gasteiger partial charge in [-0.1, -0.05) is 47.5 Å². The van der Waals surface area contributed by atoms with Gasteiger partial charge in [-0.25, -0.2) is 0 Å². The predicted molar refractivity (Wildman–Crippen MR) is 76.6 cm³/mol. The first-order chi connectivity index (χ1) is 8.96. The molecular formula is C15H28N2O2. The van der Waals surface area contributed by atoms with E-state index in [1.165, 1.54) is 0 Å². The van der Waals surface area contributed by atoms with Gasteiger partial charge in [0.2, 0.25) is 11.8 Å². The van der Waals surface area contributed by atoms with Crippen molar-refractivity contribution in [2.45, 2.75) is 66.0 Å². The molecule has 4 atom stereocenters. The summed E-state index contributed by atoms with van der Waals surface area (Å²) in [5, 5.41) is 2.91. The molecule has 1 fully saturated rings. The monoisotopic (exact) mass is 268 g/mol. The molecule has 110 valence electrons. The van der Waals surface area contributed by atoms with Crippen LogP contribution in [0.25, 0.3) is 0 Å². The SMILES string of the molecule is CCC(C)CN1C(=O)C(C(C)CC)NC(=O)C1CC. The zero-order chi connectivity index (χ0) is 14.6. The smallest absolute Gasteiger partial charge is 0.246 e. The second-order valence-corrected chi connectivity index (χ2v) is 5.80. The Morgan fingerprint density at radius 1 is 1.16 bits per heavy atom. The Balaban J connectivity index is 2.92. The lowest BCUT2D eigenvalue weighted by Gasteiger charge is -2.41. The number of rotatable bonds is 6. The molecule has 19 heavy (non-hydrogen) atoms. The average Bonchev–Trinajstić information content (AvgIpc) is 2.41. The lowest BCUT2D eigenvalue weighted by atomic mass is 9.92. The van der Waals surface area contributed by atoms with Crippen LogP contribution in [0.15, 0.2) is 0 Å².